The Morgan fingerprint density at radius 1 is 1.44 bits per heavy atom. The Balaban J connectivity index is 2.74. The zero-order chi connectivity index (χ0) is 12.1. The lowest BCUT2D eigenvalue weighted by Crippen LogP contribution is -2.14. The molecule has 90 valence electrons. The minimum Gasteiger partial charge on any atom is -0.496 e. The lowest BCUT2D eigenvalue weighted by molar-refractivity contribution is 0.406. The Labute approximate surface area is 98.0 Å². The predicted octanol–water partition coefficient (Wildman–Crippen LogP) is 2.38. The normalized spacial score (nSPS) is 12.6. The predicted molar refractivity (Wildman–Crippen MR) is 66.9 cm³/mol. The zero-order valence-corrected chi connectivity index (χ0v) is 10.7. The van der Waals surface area contributed by atoms with Crippen molar-refractivity contribution in [3.05, 3.63) is 23.0 Å². The molecule has 0 fully saturated rings. The van der Waals surface area contributed by atoms with Crippen LogP contribution in [-0.2, 0) is 6.42 Å². The maximum absolute atomic E-state index is 5.73. The van der Waals surface area contributed by atoms with Crippen LogP contribution < -0.4 is 10.5 Å². The molecule has 3 heteroatoms. The summed E-state index contributed by atoms with van der Waals surface area (Å²) in [5.74, 6) is 0.964. The number of methoxy groups -OCH3 is 1. The van der Waals surface area contributed by atoms with Gasteiger partial charge in [0, 0.05) is 29.1 Å². The highest BCUT2D eigenvalue weighted by Crippen LogP contribution is 2.24. The van der Waals surface area contributed by atoms with Crippen LogP contribution in [0.1, 0.15) is 36.6 Å². The van der Waals surface area contributed by atoms with Gasteiger partial charge < -0.3 is 10.5 Å². The van der Waals surface area contributed by atoms with E-state index >= 15 is 0 Å². The molecule has 1 aromatic heterocycles. The molecule has 0 aliphatic heterocycles. The highest BCUT2D eigenvalue weighted by molar-refractivity contribution is 5.41. The fraction of sp³-hybridized carbons (Fsp3) is 0.615. The number of nitrogens with zero attached hydrogens (tertiary/aromatic N) is 1. The molecule has 1 aromatic rings. The second-order valence-corrected chi connectivity index (χ2v) is 4.42. The van der Waals surface area contributed by atoms with Gasteiger partial charge in [-0.05, 0) is 40.0 Å². The molecule has 3 nitrogen and oxygen atoms in total. The Morgan fingerprint density at radius 3 is 2.69 bits per heavy atom. The summed E-state index contributed by atoms with van der Waals surface area (Å²) in [5.41, 5.74) is 9.11. The Morgan fingerprint density at radius 2 is 2.12 bits per heavy atom. The van der Waals surface area contributed by atoms with E-state index in [2.05, 4.69) is 11.9 Å². The van der Waals surface area contributed by atoms with Crippen molar-refractivity contribution in [3.8, 4) is 5.75 Å². The van der Waals surface area contributed by atoms with Crippen molar-refractivity contribution in [2.75, 3.05) is 7.11 Å². The molecule has 0 spiro atoms. The van der Waals surface area contributed by atoms with Crippen molar-refractivity contribution in [1.29, 1.82) is 0 Å². The summed E-state index contributed by atoms with van der Waals surface area (Å²) in [4.78, 5) is 4.46. The monoisotopic (exact) mass is 222 g/mol. The van der Waals surface area contributed by atoms with E-state index in [-0.39, 0.29) is 6.04 Å². The highest BCUT2D eigenvalue weighted by atomic mass is 16.5. The first-order valence-corrected chi connectivity index (χ1v) is 5.81. The lowest BCUT2D eigenvalue weighted by Gasteiger charge is -2.12. The Kier molecular flexibility index (Phi) is 4.74. The average molecular weight is 222 g/mol. The van der Waals surface area contributed by atoms with E-state index in [9.17, 15) is 0 Å². The van der Waals surface area contributed by atoms with E-state index in [1.165, 1.54) is 0 Å². The molecule has 1 atom stereocenters. The molecule has 0 amide bonds. The van der Waals surface area contributed by atoms with Crippen molar-refractivity contribution in [2.24, 2.45) is 5.73 Å². The minimum atomic E-state index is 0.271. The summed E-state index contributed by atoms with van der Waals surface area (Å²) in [6.07, 6.45) is 4.98. The number of hydrogen-bond donors (Lipinski definition) is 1. The molecule has 0 aromatic carbocycles. The third kappa shape index (κ3) is 3.20. The maximum Gasteiger partial charge on any atom is 0.128 e. The topological polar surface area (TPSA) is 48.1 Å². The Bertz CT molecular complexity index is 348. The van der Waals surface area contributed by atoms with Gasteiger partial charge in [-0.1, -0.05) is 0 Å². The van der Waals surface area contributed by atoms with Gasteiger partial charge in [0.1, 0.15) is 5.75 Å². The van der Waals surface area contributed by atoms with Gasteiger partial charge in [0.2, 0.25) is 0 Å². The number of ether oxygens (including phenoxy) is 1. The second kappa shape index (κ2) is 5.85. The second-order valence-electron chi connectivity index (χ2n) is 4.42. The Hall–Kier alpha value is -1.09. The number of aromatic nitrogens is 1. The van der Waals surface area contributed by atoms with Crippen LogP contribution >= 0.6 is 0 Å². The SMILES string of the molecule is COc1c(C)cnc(CCCC(C)N)c1C. The quantitative estimate of drug-likeness (QED) is 0.832. The molecular weight excluding hydrogens is 200 g/mol. The summed E-state index contributed by atoms with van der Waals surface area (Å²) in [7, 11) is 1.71. The molecule has 0 bridgehead atoms. The molecule has 2 N–H and O–H groups in total. The van der Waals surface area contributed by atoms with E-state index in [1.54, 1.807) is 7.11 Å². The van der Waals surface area contributed by atoms with Crippen LogP contribution in [-0.4, -0.2) is 18.1 Å². The third-order valence-corrected chi connectivity index (χ3v) is 2.82. The average Bonchev–Trinajstić information content (AvgIpc) is 2.22. The minimum absolute atomic E-state index is 0.271. The summed E-state index contributed by atoms with van der Waals surface area (Å²) < 4.78 is 5.38. The van der Waals surface area contributed by atoms with Crippen LogP contribution in [0.3, 0.4) is 0 Å². The van der Waals surface area contributed by atoms with Crippen molar-refractivity contribution < 1.29 is 4.74 Å². The summed E-state index contributed by atoms with van der Waals surface area (Å²) in [6.45, 7) is 6.13. The number of pyridine rings is 1. The first kappa shape index (κ1) is 13.0. The molecule has 1 heterocycles. The molecule has 1 unspecified atom stereocenters. The van der Waals surface area contributed by atoms with Gasteiger partial charge in [0.15, 0.2) is 0 Å². The number of hydrogen-bond acceptors (Lipinski definition) is 3. The maximum atomic E-state index is 5.73. The van der Waals surface area contributed by atoms with Gasteiger partial charge in [-0.3, -0.25) is 4.98 Å². The molecule has 0 aliphatic rings. The van der Waals surface area contributed by atoms with Gasteiger partial charge in [0.25, 0.3) is 0 Å². The van der Waals surface area contributed by atoms with Crippen molar-refractivity contribution in [2.45, 2.75) is 46.1 Å². The van der Waals surface area contributed by atoms with Gasteiger partial charge in [-0.2, -0.15) is 0 Å². The van der Waals surface area contributed by atoms with E-state index < -0.39 is 0 Å². The van der Waals surface area contributed by atoms with E-state index in [0.717, 1.165) is 41.8 Å². The molecule has 0 saturated heterocycles. The summed E-state index contributed by atoms with van der Waals surface area (Å²) >= 11 is 0. The van der Waals surface area contributed by atoms with Crippen LogP contribution in [0, 0.1) is 13.8 Å². The smallest absolute Gasteiger partial charge is 0.128 e. The first-order chi connectivity index (χ1) is 7.56. The van der Waals surface area contributed by atoms with E-state index in [0.29, 0.717) is 0 Å². The van der Waals surface area contributed by atoms with Crippen molar-refractivity contribution in [1.82, 2.24) is 4.98 Å². The van der Waals surface area contributed by atoms with E-state index in [1.807, 2.05) is 20.0 Å². The lowest BCUT2D eigenvalue weighted by atomic mass is 10.0. The fourth-order valence-electron chi connectivity index (χ4n) is 1.91. The fourth-order valence-corrected chi connectivity index (χ4v) is 1.91. The van der Waals surface area contributed by atoms with Gasteiger partial charge in [-0.25, -0.2) is 0 Å². The third-order valence-electron chi connectivity index (χ3n) is 2.82. The van der Waals surface area contributed by atoms with Crippen LogP contribution in [0.2, 0.25) is 0 Å². The molecule has 0 aliphatic carbocycles. The van der Waals surface area contributed by atoms with Gasteiger partial charge in [0.05, 0.1) is 7.11 Å². The van der Waals surface area contributed by atoms with E-state index in [4.69, 9.17) is 10.5 Å². The molecule has 1 rings (SSSR count). The largest absolute Gasteiger partial charge is 0.496 e. The standard InChI is InChI=1S/C13H22N2O/c1-9-8-15-12(7-5-6-10(2)14)11(3)13(9)16-4/h8,10H,5-7,14H2,1-4H3. The molecule has 0 radical (unpaired) electrons. The van der Waals surface area contributed by atoms with Crippen LogP contribution in [0.25, 0.3) is 0 Å². The molecule has 0 saturated carbocycles. The zero-order valence-electron chi connectivity index (χ0n) is 10.7. The first-order valence-electron chi connectivity index (χ1n) is 5.81. The van der Waals surface area contributed by atoms with Gasteiger partial charge >= 0.3 is 0 Å². The molecule has 16 heavy (non-hydrogen) atoms. The summed E-state index contributed by atoms with van der Waals surface area (Å²) in [6, 6.07) is 0.271. The van der Waals surface area contributed by atoms with Crippen LogP contribution in [0.5, 0.6) is 5.75 Å². The van der Waals surface area contributed by atoms with Crippen molar-refractivity contribution >= 4 is 0 Å². The molecular formula is C13H22N2O. The highest BCUT2D eigenvalue weighted by Gasteiger charge is 2.09. The number of nitrogens with two attached hydrogens (primary N) is 1. The number of aryl methyl sites for hydroxylation is 2. The summed E-state index contributed by atoms with van der Waals surface area (Å²) in [5, 5.41) is 0. The number of rotatable bonds is 5. The van der Waals surface area contributed by atoms with Crippen LogP contribution in [0.4, 0.5) is 0 Å². The van der Waals surface area contributed by atoms with Gasteiger partial charge in [-0.15, -0.1) is 0 Å². The van der Waals surface area contributed by atoms with Crippen molar-refractivity contribution in [3.63, 3.8) is 0 Å². The van der Waals surface area contributed by atoms with Crippen LogP contribution in [0.15, 0.2) is 6.20 Å².